The van der Waals surface area contributed by atoms with E-state index < -0.39 is 0 Å². The lowest BCUT2D eigenvalue weighted by Crippen LogP contribution is -1.91. The van der Waals surface area contributed by atoms with Gasteiger partial charge in [-0.3, -0.25) is 0 Å². The standard InChI is InChI=1S/C50H28O3/c1-2-11-29(12-3-1)41-28-51-42-23-24-43-48(49(41)42)38-22-21-32(27-44(38)52-43)46-33-15-6-8-17-35(33)47(36-18-9-7-16-34(36)46)39-20-10-19-37-40-25-30-13-4-5-14-31(30)26-45(40)53-50(37)39/h1-28H. The van der Waals surface area contributed by atoms with Gasteiger partial charge in [0.1, 0.15) is 27.9 Å². The summed E-state index contributed by atoms with van der Waals surface area (Å²) in [5, 5.41) is 12.6. The highest BCUT2D eigenvalue weighted by molar-refractivity contribution is 6.26. The normalized spacial score (nSPS) is 12.2. The first-order chi connectivity index (χ1) is 26.3. The smallest absolute Gasteiger partial charge is 0.143 e. The van der Waals surface area contributed by atoms with Gasteiger partial charge in [0.15, 0.2) is 0 Å². The minimum Gasteiger partial charge on any atom is -0.464 e. The molecule has 0 N–H and O–H groups in total. The lowest BCUT2D eigenvalue weighted by molar-refractivity contribution is 0.616. The summed E-state index contributed by atoms with van der Waals surface area (Å²) in [6.45, 7) is 0. The molecule has 12 aromatic rings. The Bertz CT molecular complexity index is 3390. The van der Waals surface area contributed by atoms with Crippen LogP contribution in [0.4, 0.5) is 0 Å². The molecule has 0 fully saturated rings. The number of rotatable bonds is 3. The SMILES string of the molecule is c1ccc(-c2coc3ccc4oc5cc(-c6c7ccccc7c(-c7cccc8c7oc7cc9ccccc9cc78)c7ccccc67)ccc5c4c23)cc1. The molecule has 9 aromatic carbocycles. The second-order valence-electron chi connectivity index (χ2n) is 14.0. The summed E-state index contributed by atoms with van der Waals surface area (Å²) < 4.78 is 19.5. The Morgan fingerprint density at radius 2 is 0.962 bits per heavy atom. The van der Waals surface area contributed by atoms with Crippen LogP contribution in [0.5, 0.6) is 0 Å². The molecule has 3 nitrogen and oxygen atoms in total. The third-order valence-corrected chi connectivity index (χ3v) is 11.1. The van der Waals surface area contributed by atoms with Gasteiger partial charge in [-0.2, -0.15) is 0 Å². The molecule has 0 unspecified atom stereocenters. The van der Waals surface area contributed by atoms with E-state index in [1.54, 1.807) is 0 Å². The number of para-hydroxylation sites is 1. The van der Waals surface area contributed by atoms with Gasteiger partial charge in [0.05, 0.1) is 6.26 Å². The van der Waals surface area contributed by atoms with Gasteiger partial charge in [0.25, 0.3) is 0 Å². The molecular formula is C50H28O3. The van der Waals surface area contributed by atoms with E-state index in [1.165, 1.54) is 43.4 Å². The van der Waals surface area contributed by atoms with E-state index in [-0.39, 0.29) is 0 Å². The summed E-state index contributed by atoms with van der Waals surface area (Å²) >= 11 is 0. The molecule has 3 heteroatoms. The first kappa shape index (κ1) is 28.6. The third-order valence-electron chi connectivity index (χ3n) is 11.1. The van der Waals surface area contributed by atoms with Crippen LogP contribution in [0.15, 0.2) is 183 Å². The molecule has 0 saturated carbocycles. The maximum atomic E-state index is 6.78. The molecule has 0 spiro atoms. The molecule has 0 aliphatic carbocycles. The largest absolute Gasteiger partial charge is 0.464 e. The molecule has 0 atom stereocenters. The lowest BCUT2D eigenvalue weighted by atomic mass is 9.85. The first-order valence-electron chi connectivity index (χ1n) is 18.0. The van der Waals surface area contributed by atoms with Gasteiger partial charge in [-0.05, 0) is 85.4 Å². The molecule has 53 heavy (non-hydrogen) atoms. The highest BCUT2D eigenvalue weighted by Crippen LogP contribution is 2.48. The number of benzene rings is 9. The fourth-order valence-electron chi connectivity index (χ4n) is 8.79. The molecule has 3 aromatic heterocycles. The summed E-state index contributed by atoms with van der Waals surface area (Å²) in [6, 6.07) is 58.1. The van der Waals surface area contributed by atoms with Gasteiger partial charge in [-0.1, -0.05) is 127 Å². The van der Waals surface area contributed by atoms with Crippen LogP contribution < -0.4 is 0 Å². The molecule has 0 saturated heterocycles. The van der Waals surface area contributed by atoms with Crippen LogP contribution in [0.2, 0.25) is 0 Å². The molecule has 0 aliphatic rings. The van der Waals surface area contributed by atoms with Crippen LogP contribution in [0.3, 0.4) is 0 Å². The minimum absolute atomic E-state index is 0.847. The Kier molecular flexibility index (Phi) is 5.77. The van der Waals surface area contributed by atoms with Gasteiger partial charge in [-0.15, -0.1) is 0 Å². The van der Waals surface area contributed by atoms with Crippen molar-refractivity contribution in [2.45, 2.75) is 0 Å². The van der Waals surface area contributed by atoms with Crippen molar-refractivity contribution >= 4 is 87.2 Å². The molecule has 0 amide bonds. The summed E-state index contributed by atoms with van der Waals surface area (Å²) in [4.78, 5) is 0. The van der Waals surface area contributed by atoms with E-state index in [0.29, 0.717) is 0 Å². The van der Waals surface area contributed by atoms with E-state index >= 15 is 0 Å². The third kappa shape index (κ3) is 4.05. The van der Waals surface area contributed by atoms with Gasteiger partial charge in [-0.25, -0.2) is 0 Å². The summed E-state index contributed by atoms with van der Waals surface area (Å²) in [7, 11) is 0. The zero-order valence-electron chi connectivity index (χ0n) is 28.4. The van der Waals surface area contributed by atoms with Crippen molar-refractivity contribution in [1.82, 2.24) is 0 Å². The van der Waals surface area contributed by atoms with E-state index in [9.17, 15) is 0 Å². The maximum absolute atomic E-state index is 6.78. The Labute approximate surface area is 302 Å². The minimum atomic E-state index is 0.847. The molecule has 12 rings (SSSR count). The predicted molar refractivity (Wildman–Crippen MR) is 220 cm³/mol. The number of hydrogen-bond donors (Lipinski definition) is 0. The average molecular weight is 677 g/mol. The second-order valence-corrected chi connectivity index (χ2v) is 14.0. The van der Waals surface area contributed by atoms with E-state index in [0.717, 1.165) is 77.1 Å². The van der Waals surface area contributed by atoms with Crippen LogP contribution in [-0.2, 0) is 0 Å². The van der Waals surface area contributed by atoms with Crippen LogP contribution in [0, 0.1) is 0 Å². The average Bonchev–Trinajstić information content (AvgIpc) is 3.92. The Morgan fingerprint density at radius 1 is 0.321 bits per heavy atom. The molecule has 0 radical (unpaired) electrons. The monoisotopic (exact) mass is 676 g/mol. The fourth-order valence-corrected chi connectivity index (χ4v) is 8.79. The first-order valence-corrected chi connectivity index (χ1v) is 18.0. The topological polar surface area (TPSA) is 39.4 Å². The Hall–Kier alpha value is -7.10. The fraction of sp³-hybridized carbons (Fsp3) is 0. The number of hydrogen-bond acceptors (Lipinski definition) is 3. The highest BCUT2D eigenvalue weighted by atomic mass is 16.3. The van der Waals surface area contributed by atoms with Crippen molar-refractivity contribution in [3.05, 3.63) is 170 Å². The lowest BCUT2D eigenvalue weighted by Gasteiger charge is -2.17. The predicted octanol–water partition coefficient (Wildman–Crippen LogP) is 14.7. The maximum Gasteiger partial charge on any atom is 0.143 e. The van der Waals surface area contributed by atoms with Crippen molar-refractivity contribution in [2.75, 3.05) is 0 Å². The van der Waals surface area contributed by atoms with Crippen molar-refractivity contribution in [3.8, 4) is 33.4 Å². The van der Waals surface area contributed by atoms with Crippen molar-refractivity contribution in [3.63, 3.8) is 0 Å². The molecule has 246 valence electrons. The van der Waals surface area contributed by atoms with Crippen LogP contribution in [-0.4, -0.2) is 0 Å². The quantitative estimate of drug-likeness (QED) is 0.175. The second kappa shape index (κ2) is 10.7. The summed E-state index contributed by atoms with van der Waals surface area (Å²) in [5.74, 6) is 0. The van der Waals surface area contributed by atoms with Gasteiger partial charge >= 0.3 is 0 Å². The van der Waals surface area contributed by atoms with Crippen molar-refractivity contribution in [2.24, 2.45) is 0 Å². The molecule has 0 bridgehead atoms. The molecule has 3 heterocycles. The highest BCUT2D eigenvalue weighted by Gasteiger charge is 2.22. The van der Waals surface area contributed by atoms with Crippen LogP contribution in [0.25, 0.3) is 121 Å². The Morgan fingerprint density at radius 3 is 1.74 bits per heavy atom. The van der Waals surface area contributed by atoms with Crippen LogP contribution in [0.1, 0.15) is 0 Å². The molecular weight excluding hydrogens is 649 g/mol. The van der Waals surface area contributed by atoms with Crippen molar-refractivity contribution < 1.29 is 13.3 Å². The van der Waals surface area contributed by atoms with E-state index in [2.05, 4.69) is 146 Å². The zero-order valence-corrected chi connectivity index (χ0v) is 28.4. The zero-order chi connectivity index (χ0) is 34.6. The van der Waals surface area contributed by atoms with Crippen LogP contribution >= 0.6 is 0 Å². The van der Waals surface area contributed by atoms with Gasteiger partial charge in [0, 0.05) is 43.6 Å². The number of fused-ring (bicyclic) bond motifs is 11. The van der Waals surface area contributed by atoms with Crippen molar-refractivity contribution in [1.29, 1.82) is 0 Å². The summed E-state index contributed by atoms with van der Waals surface area (Å²) in [6.07, 6.45) is 1.86. The van der Waals surface area contributed by atoms with Gasteiger partial charge in [0.2, 0.25) is 0 Å². The Balaban J connectivity index is 1.12. The number of furan rings is 3. The van der Waals surface area contributed by atoms with E-state index in [1.807, 2.05) is 24.5 Å². The van der Waals surface area contributed by atoms with Gasteiger partial charge < -0.3 is 13.3 Å². The summed E-state index contributed by atoms with van der Waals surface area (Å²) in [5.41, 5.74) is 11.1. The molecule has 0 aliphatic heterocycles. The van der Waals surface area contributed by atoms with E-state index in [4.69, 9.17) is 13.3 Å².